The van der Waals surface area contributed by atoms with E-state index in [0.717, 1.165) is 0 Å². The van der Waals surface area contributed by atoms with E-state index in [1.807, 2.05) is 6.92 Å². The van der Waals surface area contributed by atoms with Gasteiger partial charge in [-0.25, -0.2) is 0 Å². The predicted molar refractivity (Wildman–Crippen MR) is 60.3 cm³/mol. The number of hydrogen-bond acceptors (Lipinski definition) is 4. The van der Waals surface area contributed by atoms with Gasteiger partial charge in [-0.3, -0.25) is 0 Å². The summed E-state index contributed by atoms with van der Waals surface area (Å²) >= 11 is 3.42. The fourth-order valence-electron chi connectivity index (χ4n) is 1.05. The molecule has 0 aromatic carbocycles. The third-order valence-corrected chi connectivity index (χ3v) is 3.89. The first kappa shape index (κ1) is 11.0. The van der Waals surface area contributed by atoms with Crippen molar-refractivity contribution in [1.82, 2.24) is 0 Å². The summed E-state index contributed by atoms with van der Waals surface area (Å²) in [5.74, 6) is 0. The first-order valence-electron chi connectivity index (χ1n) is 4.26. The molecule has 1 aromatic heterocycles. The molecule has 1 heterocycles. The van der Waals surface area contributed by atoms with Gasteiger partial charge < -0.3 is 10.8 Å². The average molecular weight is 217 g/mol. The van der Waals surface area contributed by atoms with Crippen molar-refractivity contribution in [3.63, 3.8) is 0 Å². The molecular weight excluding hydrogens is 202 g/mol. The topological polar surface area (TPSA) is 46.2 Å². The second-order valence-electron chi connectivity index (χ2n) is 2.91. The molecule has 3 N–H and O–H groups in total. The molecular formula is C9H15NOS2. The van der Waals surface area contributed by atoms with Crippen LogP contribution in [0.4, 0.5) is 0 Å². The van der Waals surface area contributed by atoms with Gasteiger partial charge in [-0.05, 0) is 22.4 Å². The maximum Gasteiger partial charge on any atom is 0.0547 e. The second kappa shape index (κ2) is 5.65. The Hall–Kier alpha value is -0.0300. The third kappa shape index (κ3) is 3.31. The van der Waals surface area contributed by atoms with Crippen molar-refractivity contribution in [3.05, 3.63) is 22.4 Å². The summed E-state index contributed by atoms with van der Waals surface area (Å²) < 4.78 is 0. The second-order valence-corrected chi connectivity index (χ2v) is 5.34. The highest BCUT2D eigenvalue weighted by atomic mass is 32.2. The fraction of sp³-hybridized carbons (Fsp3) is 0.556. The molecule has 0 aliphatic carbocycles. The third-order valence-electron chi connectivity index (χ3n) is 1.78. The predicted octanol–water partition coefficient (Wildman–Crippen LogP) is 1.86. The minimum atomic E-state index is 0.214. The van der Waals surface area contributed by atoms with E-state index in [1.165, 1.54) is 5.56 Å². The van der Waals surface area contributed by atoms with Crippen LogP contribution in [0.25, 0.3) is 0 Å². The maximum atomic E-state index is 8.92. The Morgan fingerprint density at radius 3 is 2.92 bits per heavy atom. The summed E-state index contributed by atoms with van der Waals surface area (Å²) in [4.78, 5) is 0. The number of thioether (sulfide) groups is 1. The zero-order valence-corrected chi connectivity index (χ0v) is 9.28. The maximum absolute atomic E-state index is 8.92. The molecule has 4 heteroatoms. The molecule has 0 spiro atoms. The van der Waals surface area contributed by atoms with Crippen LogP contribution in [0.2, 0.25) is 0 Å². The van der Waals surface area contributed by atoms with Crippen LogP contribution >= 0.6 is 23.1 Å². The molecule has 0 saturated carbocycles. The van der Waals surface area contributed by atoms with Gasteiger partial charge in [0.2, 0.25) is 0 Å². The van der Waals surface area contributed by atoms with Gasteiger partial charge in [-0.15, -0.1) is 11.8 Å². The Labute approximate surface area is 87.2 Å². The number of hydrogen-bond donors (Lipinski definition) is 2. The van der Waals surface area contributed by atoms with Crippen molar-refractivity contribution in [1.29, 1.82) is 0 Å². The van der Waals surface area contributed by atoms with E-state index in [-0.39, 0.29) is 11.9 Å². The highest BCUT2D eigenvalue weighted by molar-refractivity contribution is 8.00. The van der Waals surface area contributed by atoms with Crippen molar-refractivity contribution in [3.8, 4) is 0 Å². The summed E-state index contributed by atoms with van der Waals surface area (Å²) in [5, 5.41) is 13.7. The van der Waals surface area contributed by atoms with Crippen LogP contribution in [-0.4, -0.2) is 23.5 Å². The number of rotatable bonds is 5. The van der Waals surface area contributed by atoms with E-state index in [4.69, 9.17) is 10.8 Å². The molecule has 0 saturated heterocycles. The number of nitrogens with two attached hydrogens (primary N) is 1. The summed E-state index contributed by atoms with van der Waals surface area (Å²) in [6.45, 7) is 2.86. The molecule has 13 heavy (non-hydrogen) atoms. The SMILES string of the molecule is CC(CO)SC(CN)c1ccsc1. The molecule has 74 valence electrons. The van der Waals surface area contributed by atoms with E-state index in [9.17, 15) is 0 Å². The van der Waals surface area contributed by atoms with Gasteiger partial charge in [0.15, 0.2) is 0 Å². The van der Waals surface area contributed by atoms with Crippen LogP contribution in [0.5, 0.6) is 0 Å². The van der Waals surface area contributed by atoms with Crippen LogP contribution < -0.4 is 5.73 Å². The summed E-state index contributed by atoms with van der Waals surface area (Å²) in [7, 11) is 0. The monoisotopic (exact) mass is 217 g/mol. The van der Waals surface area contributed by atoms with Crippen molar-refractivity contribution in [2.45, 2.75) is 17.4 Å². The van der Waals surface area contributed by atoms with Gasteiger partial charge >= 0.3 is 0 Å². The van der Waals surface area contributed by atoms with Gasteiger partial charge in [0.25, 0.3) is 0 Å². The van der Waals surface area contributed by atoms with E-state index >= 15 is 0 Å². The lowest BCUT2D eigenvalue weighted by molar-refractivity contribution is 0.300. The smallest absolute Gasteiger partial charge is 0.0547 e. The van der Waals surface area contributed by atoms with Gasteiger partial charge in [0.05, 0.1) is 6.61 Å². The van der Waals surface area contributed by atoms with E-state index in [0.29, 0.717) is 11.8 Å². The molecule has 0 radical (unpaired) electrons. The lowest BCUT2D eigenvalue weighted by atomic mass is 10.2. The van der Waals surface area contributed by atoms with Crippen LogP contribution in [0.1, 0.15) is 17.7 Å². The quantitative estimate of drug-likeness (QED) is 0.791. The van der Waals surface area contributed by atoms with Crippen LogP contribution in [0, 0.1) is 0 Å². The van der Waals surface area contributed by atoms with Crippen molar-refractivity contribution in [2.24, 2.45) is 5.73 Å². The van der Waals surface area contributed by atoms with E-state index in [1.54, 1.807) is 23.1 Å². The highest BCUT2D eigenvalue weighted by Crippen LogP contribution is 2.32. The van der Waals surface area contributed by atoms with Gasteiger partial charge in [-0.1, -0.05) is 6.92 Å². The Morgan fingerprint density at radius 1 is 1.69 bits per heavy atom. The molecule has 0 amide bonds. The Morgan fingerprint density at radius 2 is 2.46 bits per heavy atom. The highest BCUT2D eigenvalue weighted by Gasteiger charge is 2.13. The first-order chi connectivity index (χ1) is 6.27. The number of thiophene rings is 1. The van der Waals surface area contributed by atoms with Crippen LogP contribution in [0.15, 0.2) is 16.8 Å². The molecule has 2 atom stereocenters. The molecule has 0 bridgehead atoms. The van der Waals surface area contributed by atoms with Gasteiger partial charge in [-0.2, -0.15) is 11.3 Å². The van der Waals surface area contributed by atoms with Gasteiger partial charge in [0, 0.05) is 17.0 Å². The van der Waals surface area contributed by atoms with Crippen molar-refractivity contribution < 1.29 is 5.11 Å². The number of aliphatic hydroxyl groups excluding tert-OH is 1. The Kier molecular flexibility index (Phi) is 4.80. The zero-order chi connectivity index (χ0) is 9.68. The summed E-state index contributed by atoms with van der Waals surface area (Å²) in [6, 6.07) is 2.10. The summed E-state index contributed by atoms with van der Waals surface area (Å²) in [6.07, 6.45) is 0. The lowest BCUT2D eigenvalue weighted by Crippen LogP contribution is -2.13. The summed E-state index contributed by atoms with van der Waals surface area (Å²) in [5.41, 5.74) is 6.94. The standard InChI is InChI=1S/C9H15NOS2/c1-7(5-11)13-9(4-10)8-2-3-12-6-8/h2-3,6-7,9,11H,4-5,10H2,1H3. The van der Waals surface area contributed by atoms with Crippen molar-refractivity contribution in [2.75, 3.05) is 13.2 Å². The molecule has 0 fully saturated rings. The van der Waals surface area contributed by atoms with Crippen LogP contribution in [0.3, 0.4) is 0 Å². The van der Waals surface area contributed by atoms with E-state index in [2.05, 4.69) is 16.8 Å². The lowest BCUT2D eigenvalue weighted by Gasteiger charge is -2.16. The minimum absolute atomic E-state index is 0.214. The normalized spacial score (nSPS) is 15.6. The Bertz CT molecular complexity index is 226. The van der Waals surface area contributed by atoms with Crippen LogP contribution in [-0.2, 0) is 0 Å². The number of aliphatic hydroxyl groups is 1. The first-order valence-corrected chi connectivity index (χ1v) is 6.15. The fourth-order valence-corrected chi connectivity index (χ4v) is 2.91. The molecule has 0 aliphatic rings. The van der Waals surface area contributed by atoms with Crippen molar-refractivity contribution >= 4 is 23.1 Å². The average Bonchev–Trinajstić information content (AvgIpc) is 2.66. The molecule has 1 aromatic rings. The largest absolute Gasteiger partial charge is 0.395 e. The minimum Gasteiger partial charge on any atom is -0.395 e. The molecule has 1 rings (SSSR count). The molecule has 2 nitrogen and oxygen atoms in total. The molecule has 0 aliphatic heterocycles. The van der Waals surface area contributed by atoms with E-state index < -0.39 is 0 Å². The van der Waals surface area contributed by atoms with Gasteiger partial charge in [0.1, 0.15) is 0 Å². The Balaban J connectivity index is 2.53. The molecule has 2 unspecified atom stereocenters. The zero-order valence-electron chi connectivity index (χ0n) is 7.64.